The topological polar surface area (TPSA) is 102 Å². The van der Waals surface area contributed by atoms with Crippen LogP contribution < -0.4 is 10.5 Å². The molecule has 96 valence electrons. The van der Waals surface area contributed by atoms with Crippen molar-refractivity contribution in [2.75, 3.05) is 12.3 Å². The second kappa shape index (κ2) is 6.08. The summed E-state index contributed by atoms with van der Waals surface area (Å²) in [6.07, 6.45) is 1.04. The van der Waals surface area contributed by atoms with Crippen molar-refractivity contribution in [3.05, 3.63) is 16.1 Å². The average Bonchev–Trinajstić information content (AvgIpc) is 2.66. The zero-order valence-electron chi connectivity index (χ0n) is 9.47. The van der Waals surface area contributed by atoms with Crippen molar-refractivity contribution in [1.82, 2.24) is 9.71 Å². The van der Waals surface area contributed by atoms with Gasteiger partial charge in [0.25, 0.3) is 5.91 Å². The van der Waals surface area contributed by atoms with Gasteiger partial charge in [-0.05, 0) is 13.0 Å². The Balaban J connectivity index is 2.69. The second-order valence-corrected chi connectivity index (χ2v) is 6.20. The molecule has 0 spiro atoms. The molecule has 1 rings (SSSR count). The Kier molecular flexibility index (Phi) is 5.03. The van der Waals surface area contributed by atoms with Gasteiger partial charge in [0.2, 0.25) is 10.0 Å². The van der Waals surface area contributed by atoms with Crippen molar-refractivity contribution < 1.29 is 13.2 Å². The molecule has 0 atom stereocenters. The monoisotopic (exact) mass is 277 g/mol. The van der Waals surface area contributed by atoms with E-state index in [0.29, 0.717) is 19.4 Å². The number of amides is 1. The fourth-order valence-corrected chi connectivity index (χ4v) is 2.99. The lowest BCUT2D eigenvalue weighted by atomic mass is 10.4. The molecule has 8 heteroatoms. The molecule has 0 aliphatic carbocycles. The summed E-state index contributed by atoms with van der Waals surface area (Å²) >= 11 is 1.30. The number of sulfonamides is 1. The molecule has 0 fully saturated rings. The fraction of sp³-hybridized carbons (Fsp3) is 0.556. The minimum absolute atomic E-state index is 0.0709. The lowest BCUT2D eigenvalue weighted by Gasteiger charge is -2.02. The van der Waals surface area contributed by atoms with Gasteiger partial charge in [-0.25, -0.2) is 18.1 Å². The summed E-state index contributed by atoms with van der Waals surface area (Å²) in [5.74, 6) is -0.753. The number of rotatable bonds is 6. The van der Waals surface area contributed by atoms with Crippen LogP contribution in [0.4, 0.5) is 0 Å². The van der Waals surface area contributed by atoms with Crippen molar-refractivity contribution in [1.29, 1.82) is 0 Å². The fourth-order valence-electron chi connectivity index (χ4n) is 1.17. The Morgan fingerprint density at radius 3 is 2.88 bits per heavy atom. The number of hydrogen-bond acceptors (Lipinski definition) is 6. The maximum Gasteiger partial charge on any atom is 0.284 e. The van der Waals surface area contributed by atoms with Crippen LogP contribution in [0.25, 0.3) is 0 Å². The summed E-state index contributed by atoms with van der Waals surface area (Å²) in [4.78, 5) is 15.6. The van der Waals surface area contributed by atoms with Gasteiger partial charge >= 0.3 is 0 Å². The molecule has 0 saturated carbocycles. The highest BCUT2D eigenvalue weighted by atomic mass is 32.2. The summed E-state index contributed by atoms with van der Waals surface area (Å²) in [7, 11) is -3.54. The zero-order chi connectivity index (χ0) is 12.9. The summed E-state index contributed by atoms with van der Waals surface area (Å²) in [5, 5.41) is 2.26. The third-order valence-electron chi connectivity index (χ3n) is 1.86. The van der Waals surface area contributed by atoms with Crippen LogP contribution in [0.1, 0.15) is 28.8 Å². The molecule has 0 aliphatic rings. The van der Waals surface area contributed by atoms with Gasteiger partial charge in [-0.3, -0.25) is 4.79 Å². The number of hydrogen-bond donors (Lipinski definition) is 2. The van der Waals surface area contributed by atoms with Gasteiger partial charge in [0.1, 0.15) is 5.69 Å². The molecule has 6 nitrogen and oxygen atoms in total. The van der Waals surface area contributed by atoms with Crippen LogP contribution in [0.5, 0.6) is 0 Å². The number of aromatic nitrogens is 1. The van der Waals surface area contributed by atoms with Crippen LogP contribution in [0.3, 0.4) is 0 Å². The maximum absolute atomic E-state index is 11.6. The molecule has 1 aromatic heterocycles. The Bertz CT molecular complexity index is 481. The van der Waals surface area contributed by atoms with Gasteiger partial charge < -0.3 is 5.73 Å². The van der Waals surface area contributed by atoms with Crippen LogP contribution in [-0.2, 0) is 16.4 Å². The third kappa shape index (κ3) is 4.41. The molecule has 0 aromatic carbocycles. The highest BCUT2D eigenvalue weighted by Crippen LogP contribution is 2.10. The first-order chi connectivity index (χ1) is 7.98. The Morgan fingerprint density at radius 2 is 2.29 bits per heavy atom. The van der Waals surface area contributed by atoms with Gasteiger partial charge in [0.15, 0.2) is 0 Å². The number of carbonyl (C=O) groups is 1. The van der Waals surface area contributed by atoms with Crippen LogP contribution in [-0.4, -0.2) is 31.6 Å². The van der Waals surface area contributed by atoms with Gasteiger partial charge in [0.05, 0.1) is 10.8 Å². The van der Waals surface area contributed by atoms with E-state index >= 15 is 0 Å². The van der Waals surface area contributed by atoms with Gasteiger partial charge in [-0.15, -0.1) is 11.3 Å². The van der Waals surface area contributed by atoms with Crippen LogP contribution in [0.2, 0.25) is 0 Å². The van der Waals surface area contributed by atoms with Crippen LogP contribution in [0, 0.1) is 0 Å². The minimum Gasteiger partial charge on any atom is -0.330 e. The number of thiazole rings is 1. The predicted octanol–water partition coefficient (Wildman–Crippen LogP) is 0.114. The molecule has 1 amide bonds. The van der Waals surface area contributed by atoms with Crippen molar-refractivity contribution in [2.45, 2.75) is 19.8 Å². The summed E-state index contributed by atoms with van der Waals surface area (Å²) in [6, 6.07) is 0. The first-order valence-corrected chi connectivity index (χ1v) is 7.71. The molecular weight excluding hydrogens is 262 g/mol. The zero-order valence-corrected chi connectivity index (χ0v) is 11.1. The number of nitrogens with one attached hydrogen (secondary N) is 1. The van der Waals surface area contributed by atoms with Crippen LogP contribution >= 0.6 is 11.3 Å². The van der Waals surface area contributed by atoms with Crippen molar-refractivity contribution >= 4 is 27.3 Å². The van der Waals surface area contributed by atoms with E-state index in [4.69, 9.17) is 5.73 Å². The van der Waals surface area contributed by atoms with Gasteiger partial charge in [0, 0.05) is 11.8 Å². The maximum atomic E-state index is 11.6. The molecule has 0 saturated heterocycles. The molecule has 0 unspecified atom stereocenters. The molecule has 0 bridgehead atoms. The molecule has 1 aromatic rings. The Hall–Kier alpha value is -0.990. The molecule has 0 aliphatic heterocycles. The lowest BCUT2D eigenvalue weighted by molar-refractivity contribution is 0.0977. The SMILES string of the molecule is CCCS(=O)(=O)NC(=O)c1csc(CCN)n1. The summed E-state index contributed by atoms with van der Waals surface area (Å²) < 4.78 is 24.7. The summed E-state index contributed by atoms with van der Waals surface area (Å²) in [6.45, 7) is 2.18. The smallest absolute Gasteiger partial charge is 0.284 e. The van der Waals surface area contributed by atoms with Crippen molar-refractivity contribution in [3.63, 3.8) is 0 Å². The minimum atomic E-state index is -3.54. The molecule has 3 N–H and O–H groups in total. The summed E-state index contributed by atoms with van der Waals surface area (Å²) in [5.41, 5.74) is 5.48. The lowest BCUT2D eigenvalue weighted by Crippen LogP contribution is -2.32. The highest BCUT2D eigenvalue weighted by Gasteiger charge is 2.17. The number of carbonyl (C=O) groups excluding carboxylic acids is 1. The predicted molar refractivity (Wildman–Crippen MR) is 66.4 cm³/mol. The Morgan fingerprint density at radius 1 is 1.59 bits per heavy atom. The van der Waals surface area contributed by atoms with Gasteiger partial charge in [-0.1, -0.05) is 6.92 Å². The third-order valence-corrected chi connectivity index (χ3v) is 4.21. The van der Waals surface area contributed by atoms with E-state index in [2.05, 4.69) is 4.98 Å². The number of nitrogens with zero attached hydrogens (tertiary/aromatic N) is 1. The van der Waals surface area contributed by atoms with Crippen molar-refractivity contribution in [2.24, 2.45) is 5.73 Å². The number of nitrogens with two attached hydrogens (primary N) is 1. The van der Waals surface area contributed by atoms with E-state index in [1.807, 2.05) is 4.72 Å². The van der Waals surface area contributed by atoms with E-state index in [-0.39, 0.29) is 11.4 Å². The van der Waals surface area contributed by atoms with Gasteiger partial charge in [-0.2, -0.15) is 0 Å². The first kappa shape index (κ1) is 14.1. The quantitative estimate of drug-likeness (QED) is 0.768. The van der Waals surface area contributed by atoms with Crippen molar-refractivity contribution in [3.8, 4) is 0 Å². The van der Waals surface area contributed by atoms with E-state index in [0.717, 1.165) is 5.01 Å². The molecular formula is C9H15N3O3S2. The van der Waals surface area contributed by atoms with Crippen LogP contribution in [0.15, 0.2) is 5.38 Å². The standard InChI is InChI=1S/C9H15N3O3S2/c1-2-5-17(14,15)12-9(13)7-6-16-8(11-7)3-4-10/h6H,2-5,10H2,1H3,(H,12,13). The normalized spacial score (nSPS) is 11.4. The van der Waals surface area contributed by atoms with E-state index in [1.165, 1.54) is 16.7 Å². The van der Waals surface area contributed by atoms with E-state index < -0.39 is 15.9 Å². The molecule has 17 heavy (non-hydrogen) atoms. The first-order valence-electron chi connectivity index (χ1n) is 5.17. The average molecular weight is 277 g/mol. The van der Waals surface area contributed by atoms with E-state index in [1.54, 1.807) is 6.92 Å². The molecule has 0 radical (unpaired) electrons. The second-order valence-electron chi connectivity index (χ2n) is 3.42. The Labute approximate surface area is 104 Å². The molecule has 1 heterocycles. The van der Waals surface area contributed by atoms with E-state index in [9.17, 15) is 13.2 Å². The largest absolute Gasteiger partial charge is 0.330 e. The highest BCUT2D eigenvalue weighted by molar-refractivity contribution is 7.90.